The number of fused-ring (bicyclic) bond motifs is 2. The average Bonchev–Trinajstić information content (AvgIpc) is 3.05. The first-order chi connectivity index (χ1) is 15.0. The van der Waals surface area contributed by atoms with Gasteiger partial charge in [-0.15, -0.1) is 0 Å². The van der Waals surface area contributed by atoms with Crippen LogP contribution in [0.15, 0.2) is 30.6 Å². The molecule has 0 aliphatic carbocycles. The molecule has 8 nitrogen and oxygen atoms in total. The average molecular weight is 438 g/mol. The summed E-state index contributed by atoms with van der Waals surface area (Å²) in [6, 6.07) is 5.84. The summed E-state index contributed by atoms with van der Waals surface area (Å²) in [6.07, 6.45) is 4.12. The van der Waals surface area contributed by atoms with Crippen molar-refractivity contribution in [1.29, 1.82) is 0 Å². The molecule has 0 spiro atoms. The van der Waals surface area contributed by atoms with Crippen LogP contribution in [0.1, 0.15) is 12.6 Å². The van der Waals surface area contributed by atoms with Gasteiger partial charge in [0.1, 0.15) is 17.2 Å². The van der Waals surface area contributed by atoms with E-state index in [1.165, 1.54) is 0 Å². The zero-order valence-electron chi connectivity index (χ0n) is 17.8. The molecule has 9 heteroatoms. The minimum Gasteiger partial charge on any atom is -0.424 e. The fourth-order valence-corrected chi connectivity index (χ4v) is 4.43. The molecule has 0 saturated carbocycles. The smallest absolute Gasteiger partial charge is 0.325 e. The molecule has 1 aromatic carbocycles. The van der Waals surface area contributed by atoms with Gasteiger partial charge in [-0.1, -0.05) is 18.5 Å². The van der Waals surface area contributed by atoms with Gasteiger partial charge in [0.25, 0.3) is 0 Å². The lowest BCUT2D eigenvalue weighted by atomic mass is 9.99. The predicted octanol–water partition coefficient (Wildman–Crippen LogP) is 3.91. The van der Waals surface area contributed by atoms with E-state index in [1.54, 1.807) is 12.4 Å². The highest BCUT2D eigenvalue weighted by Crippen LogP contribution is 2.38. The van der Waals surface area contributed by atoms with Crippen molar-refractivity contribution >= 4 is 39.5 Å². The zero-order chi connectivity index (χ0) is 21.5. The minimum atomic E-state index is 0.280. The maximum absolute atomic E-state index is 6.68. The zero-order valence-corrected chi connectivity index (χ0v) is 18.5. The normalized spacial score (nSPS) is 14.5. The van der Waals surface area contributed by atoms with Crippen LogP contribution in [0.2, 0.25) is 5.02 Å². The van der Waals surface area contributed by atoms with Crippen LogP contribution in [-0.2, 0) is 6.42 Å². The largest absolute Gasteiger partial charge is 0.424 e. The molecule has 4 aromatic rings. The highest BCUT2D eigenvalue weighted by Gasteiger charge is 2.31. The van der Waals surface area contributed by atoms with Gasteiger partial charge in [0, 0.05) is 49.7 Å². The molecule has 1 aliphatic heterocycles. The first-order valence-electron chi connectivity index (χ1n) is 10.4. The third-order valence-electron chi connectivity index (χ3n) is 5.51. The van der Waals surface area contributed by atoms with Crippen molar-refractivity contribution in [3.8, 4) is 11.8 Å². The SMILES string of the molecule is CCc1[nH]c2nc(Oc3ccc4nccnc4c3)nc(N3CC(CN(C)C)C3)c2c1Cl. The summed E-state index contributed by atoms with van der Waals surface area (Å²) in [5.74, 6) is 2.03. The lowest BCUT2D eigenvalue weighted by Crippen LogP contribution is -2.51. The lowest BCUT2D eigenvalue weighted by Gasteiger charge is -2.41. The molecule has 1 N–H and O–H groups in total. The van der Waals surface area contributed by atoms with Crippen LogP contribution in [0.3, 0.4) is 0 Å². The molecule has 4 heterocycles. The summed E-state index contributed by atoms with van der Waals surface area (Å²) in [4.78, 5) is 25.8. The molecule has 0 bridgehead atoms. The number of benzene rings is 1. The number of anilines is 1. The van der Waals surface area contributed by atoms with Crippen LogP contribution in [0, 0.1) is 5.92 Å². The standard InChI is InChI=1S/C22H24ClN7O/c1-4-15-19(23)18-20(26-15)27-22(28-21(18)30-11-13(12-30)10-29(2)3)31-14-5-6-16-17(9-14)25-8-7-24-16/h5-9,13H,4,10-12H2,1-3H3,(H,26,27,28). The van der Waals surface area contributed by atoms with E-state index in [1.807, 2.05) is 18.2 Å². The number of aryl methyl sites for hydroxylation is 1. The van der Waals surface area contributed by atoms with Crippen LogP contribution >= 0.6 is 11.6 Å². The van der Waals surface area contributed by atoms with E-state index in [9.17, 15) is 0 Å². The van der Waals surface area contributed by atoms with Crippen LogP contribution in [0.4, 0.5) is 5.82 Å². The third-order valence-corrected chi connectivity index (χ3v) is 5.92. The number of hydrogen-bond donors (Lipinski definition) is 1. The number of nitrogens with one attached hydrogen (secondary N) is 1. The van der Waals surface area contributed by atoms with E-state index in [0.29, 0.717) is 22.3 Å². The fourth-order valence-electron chi connectivity index (χ4n) is 4.07. The second-order valence-corrected chi connectivity index (χ2v) is 8.54. The van der Waals surface area contributed by atoms with Gasteiger partial charge < -0.3 is 19.5 Å². The summed E-state index contributed by atoms with van der Waals surface area (Å²) >= 11 is 6.68. The van der Waals surface area contributed by atoms with E-state index in [4.69, 9.17) is 21.3 Å². The molecule has 0 atom stereocenters. The first kappa shape index (κ1) is 20.0. The van der Waals surface area contributed by atoms with Crippen LogP contribution < -0.4 is 9.64 Å². The Morgan fingerprint density at radius 2 is 1.94 bits per heavy atom. The van der Waals surface area contributed by atoms with Crippen molar-refractivity contribution in [2.24, 2.45) is 5.92 Å². The minimum absolute atomic E-state index is 0.280. The molecule has 3 aromatic heterocycles. The van der Waals surface area contributed by atoms with Gasteiger partial charge in [0.15, 0.2) is 0 Å². The Morgan fingerprint density at radius 3 is 2.68 bits per heavy atom. The Labute approximate surface area is 185 Å². The maximum atomic E-state index is 6.68. The van der Waals surface area contributed by atoms with Gasteiger partial charge in [0.2, 0.25) is 0 Å². The molecule has 5 rings (SSSR count). The van der Waals surface area contributed by atoms with Crippen molar-refractivity contribution in [2.75, 3.05) is 38.6 Å². The molecule has 0 radical (unpaired) electrons. The van der Waals surface area contributed by atoms with E-state index < -0.39 is 0 Å². The van der Waals surface area contributed by atoms with E-state index in [2.05, 4.69) is 50.8 Å². The van der Waals surface area contributed by atoms with Gasteiger partial charge in [-0.2, -0.15) is 9.97 Å². The highest BCUT2D eigenvalue weighted by atomic mass is 35.5. The summed E-state index contributed by atoms with van der Waals surface area (Å²) < 4.78 is 6.04. The quantitative estimate of drug-likeness (QED) is 0.489. The van der Waals surface area contributed by atoms with Crippen LogP contribution in [0.5, 0.6) is 11.8 Å². The molecule has 1 saturated heterocycles. The summed E-state index contributed by atoms with van der Waals surface area (Å²) in [6.45, 7) is 4.97. The Bertz CT molecular complexity index is 1250. The van der Waals surface area contributed by atoms with Crippen molar-refractivity contribution in [3.63, 3.8) is 0 Å². The molecule has 1 aliphatic rings. The lowest BCUT2D eigenvalue weighted by molar-refractivity contribution is 0.282. The van der Waals surface area contributed by atoms with Crippen LogP contribution in [0.25, 0.3) is 22.1 Å². The maximum Gasteiger partial charge on any atom is 0.325 e. The molecule has 160 valence electrons. The second-order valence-electron chi connectivity index (χ2n) is 8.17. The number of H-pyrrole nitrogens is 1. The molecule has 31 heavy (non-hydrogen) atoms. The Morgan fingerprint density at radius 1 is 1.16 bits per heavy atom. The monoisotopic (exact) mass is 437 g/mol. The van der Waals surface area contributed by atoms with Crippen molar-refractivity contribution < 1.29 is 4.74 Å². The van der Waals surface area contributed by atoms with Crippen molar-refractivity contribution in [3.05, 3.63) is 41.3 Å². The van der Waals surface area contributed by atoms with Crippen molar-refractivity contribution in [2.45, 2.75) is 13.3 Å². The second kappa shape index (κ2) is 7.94. The number of halogens is 1. The summed E-state index contributed by atoms with van der Waals surface area (Å²) in [5, 5.41) is 1.55. The van der Waals surface area contributed by atoms with Gasteiger partial charge in [-0.05, 0) is 32.6 Å². The van der Waals surface area contributed by atoms with E-state index in [0.717, 1.165) is 54.0 Å². The Balaban J connectivity index is 1.51. The molecular formula is C22H24ClN7O. The van der Waals surface area contributed by atoms with E-state index >= 15 is 0 Å². The summed E-state index contributed by atoms with van der Waals surface area (Å²) in [7, 11) is 4.20. The number of aromatic amines is 1. The number of rotatable bonds is 6. The topological polar surface area (TPSA) is 83.1 Å². The number of hydrogen-bond acceptors (Lipinski definition) is 7. The van der Waals surface area contributed by atoms with E-state index in [-0.39, 0.29) is 6.01 Å². The Kier molecular flexibility index (Phi) is 5.11. The highest BCUT2D eigenvalue weighted by molar-refractivity contribution is 6.37. The number of aromatic nitrogens is 5. The van der Waals surface area contributed by atoms with Crippen molar-refractivity contribution in [1.82, 2.24) is 29.8 Å². The number of nitrogens with zero attached hydrogens (tertiary/aromatic N) is 6. The van der Waals surface area contributed by atoms with Gasteiger partial charge in [-0.25, -0.2) is 0 Å². The fraction of sp³-hybridized carbons (Fsp3) is 0.364. The van der Waals surface area contributed by atoms with Crippen LogP contribution in [-0.4, -0.2) is 63.5 Å². The summed E-state index contributed by atoms with van der Waals surface area (Å²) in [5.41, 5.74) is 3.21. The molecule has 0 unspecified atom stereocenters. The molecular weight excluding hydrogens is 414 g/mol. The van der Waals surface area contributed by atoms with Gasteiger partial charge >= 0.3 is 6.01 Å². The molecule has 1 fully saturated rings. The number of ether oxygens (including phenoxy) is 1. The van der Waals surface area contributed by atoms with Gasteiger partial charge in [0.05, 0.1) is 21.4 Å². The Hall–Kier alpha value is -2.97. The first-order valence-corrected chi connectivity index (χ1v) is 10.8. The molecule has 0 amide bonds. The predicted molar refractivity (Wildman–Crippen MR) is 122 cm³/mol. The third kappa shape index (κ3) is 3.77. The van der Waals surface area contributed by atoms with Gasteiger partial charge in [-0.3, -0.25) is 9.97 Å².